The van der Waals surface area contributed by atoms with E-state index in [1.807, 2.05) is 12.2 Å². The molecule has 0 amide bonds. The Bertz CT molecular complexity index is 2500. The number of benzene rings is 7. The normalized spacial score (nSPS) is 11.5. The number of fused-ring (bicyclic) bond motifs is 1. The number of aryl methyl sites for hydroxylation is 1. The van der Waals surface area contributed by atoms with Gasteiger partial charge in [0.1, 0.15) is 0 Å². The monoisotopic (exact) mass is 848 g/mol. The van der Waals surface area contributed by atoms with Gasteiger partial charge in [-0.05, 0) is 88.7 Å². The number of nitrogens with zero attached hydrogens (tertiary/aromatic N) is 2. The van der Waals surface area contributed by atoms with Gasteiger partial charge in [-0.2, -0.15) is 0 Å². The Balaban J connectivity index is 1.17. The zero-order valence-corrected chi connectivity index (χ0v) is 34.3. The third-order valence-electron chi connectivity index (χ3n) is 9.72. The predicted octanol–water partition coefficient (Wildman–Crippen LogP) is 15.4. The molecule has 7 aromatic carbocycles. The van der Waals surface area contributed by atoms with Crippen molar-refractivity contribution in [3.05, 3.63) is 259 Å². The molecule has 278 valence electrons. The fraction of sp³-hybridized carbons (Fsp3) is 0.0370. The Morgan fingerprint density at radius 1 is 0.544 bits per heavy atom. The molecule has 0 radical (unpaired) electrons. The van der Waals surface area contributed by atoms with E-state index < -0.39 is 0 Å². The third kappa shape index (κ3) is 9.88. The van der Waals surface area contributed by atoms with Crippen LogP contribution in [0.3, 0.4) is 0 Å². The topological polar surface area (TPSA) is 6.48 Å². The molecule has 0 saturated heterocycles. The molecule has 3 heteroatoms. The zero-order valence-electron chi connectivity index (χ0n) is 32.1. The van der Waals surface area contributed by atoms with E-state index in [4.69, 9.17) is 0 Å². The SMILES string of the molecule is C=C/C=C\C=C\N(C=C(c1ccccc1)c1ccccc1)c1ccc(/C=C/C=C/c2ccc(N(c3ccc(C)cc3)c3ccc(CI)cc3)cc2)c2ccccc12. The molecular formula is C54H45IN2. The predicted molar refractivity (Wildman–Crippen MR) is 257 cm³/mol. The van der Waals surface area contributed by atoms with Crippen molar-refractivity contribution in [2.45, 2.75) is 11.4 Å². The van der Waals surface area contributed by atoms with Gasteiger partial charge in [-0.3, -0.25) is 0 Å². The summed E-state index contributed by atoms with van der Waals surface area (Å²) in [6.45, 7) is 5.97. The van der Waals surface area contributed by atoms with Gasteiger partial charge in [0, 0.05) is 44.8 Å². The minimum atomic E-state index is 0.993. The molecule has 0 aliphatic rings. The van der Waals surface area contributed by atoms with Crippen LogP contribution in [0, 0.1) is 6.92 Å². The van der Waals surface area contributed by atoms with E-state index in [1.165, 1.54) is 16.5 Å². The summed E-state index contributed by atoms with van der Waals surface area (Å²) in [5.41, 5.74) is 12.8. The molecule has 0 aromatic heterocycles. The number of halogens is 1. The van der Waals surface area contributed by atoms with Gasteiger partial charge in [0.05, 0.1) is 5.69 Å². The summed E-state index contributed by atoms with van der Waals surface area (Å²) in [6, 6.07) is 60.5. The number of allylic oxidation sites excluding steroid dienone is 6. The molecule has 0 aliphatic carbocycles. The molecule has 0 saturated carbocycles. The first-order valence-corrected chi connectivity index (χ1v) is 20.7. The number of hydrogen-bond acceptors (Lipinski definition) is 2. The molecule has 0 fully saturated rings. The van der Waals surface area contributed by atoms with Crippen LogP contribution >= 0.6 is 22.6 Å². The van der Waals surface area contributed by atoms with E-state index in [-0.39, 0.29) is 0 Å². The minimum absolute atomic E-state index is 0.993. The molecule has 0 N–H and O–H groups in total. The van der Waals surface area contributed by atoms with Crippen LogP contribution in [-0.2, 0) is 4.43 Å². The summed E-state index contributed by atoms with van der Waals surface area (Å²) in [7, 11) is 0. The Hall–Kier alpha value is -6.43. The van der Waals surface area contributed by atoms with Crippen molar-refractivity contribution < 1.29 is 0 Å². The molecule has 7 rings (SSSR count). The lowest BCUT2D eigenvalue weighted by molar-refractivity contribution is 1.27. The highest BCUT2D eigenvalue weighted by Crippen LogP contribution is 2.36. The van der Waals surface area contributed by atoms with E-state index in [0.29, 0.717) is 0 Å². The van der Waals surface area contributed by atoms with E-state index in [0.717, 1.165) is 60.4 Å². The summed E-state index contributed by atoms with van der Waals surface area (Å²) >= 11 is 2.41. The second kappa shape index (κ2) is 19.4. The van der Waals surface area contributed by atoms with Crippen molar-refractivity contribution >= 4 is 73.8 Å². The first-order chi connectivity index (χ1) is 28.1. The molecule has 2 nitrogen and oxygen atoms in total. The average molecular weight is 849 g/mol. The second-order valence-corrected chi connectivity index (χ2v) is 14.4. The molecule has 0 bridgehead atoms. The van der Waals surface area contributed by atoms with Gasteiger partial charge in [0.15, 0.2) is 0 Å². The van der Waals surface area contributed by atoms with Crippen molar-refractivity contribution in [1.29, 1.82) is 0 Å². The molecule has 7 aromatic rings. The van der Waals surface area contributed by atoms with E-state index in [9.17, 15) is 0 Å². The first kappa shape index (κ1) is 38.8. The molecule has 0 atom stereocenters. The Labute approximate surface area is 351 Å². The van der Waals surface area contributed by atoms with Crippen molar-refractivity contribution in [2.24, 2.45) is 0 Å². The summed E-state index contributed by atoms with van der Waals surface area (Å²) < 4.78 is 0.993. The van der Waals surface area contributed by atoms with E-state index >= 15 is 0 Å². The highest BCUT2D eigenvalue weighted by atomic mass is 127. The van der Waals surface area contributed by atoms with Gasteiger partial charge in [0.2, 0.25) is 0 Å². The van der Waals surface area contributed by atoms with Gasteiger partial charge >= 0.3 is 0 Å². The molecule has 0 aliphatic heterocycles. The van der Waals surface area contributed by atoms with Gasteiger partial charge in [0.25, 0.3) is 0 Å². The maximum atomic E-state index is 3.84. The largest absolute Gasteiger partial charge is 0.323 e. The smallest absolute Gasteiger partial charge is 0.0528 e. The van der Waals surface area contributed by atoms with Crippen LogP contribution < -0.4 is 9.80 Å². The Morgan fingerprint density at radius 2 is 1.11 bits per heavy atom. The van der Waals surface area contributed by atoms with Crippen LogP contribution in [0.5, 0.6) is 0 Å². The molecule has 0 heterocycles. The third-order valence-corrected chi connectivity index (χ3v) is 10.6. The number of rotatable bonds is 14. The van der Waals surface area contributed by atoms with Crippen LogP contribution in [0.4, 0.5) is 22.7 Å². The standard InChI is InChI=1S/C54H45IN2/c1-3-4-5-16-39-56(41-53(45-18-8-6-9-19-45)46-20-10-7-11-21-46)54-38-31-47(51-23-14-15-24-52(51)54)22-13-12-17-43-27-34-49(35-28-43)57(48-32-25-42(2)26-33-48)50-36-29-44(40-55)30-37-50/h3-39,41H,1,40H2,2H3/b5-4-,17-12+,22-13+,39-16+. The van der Waals surface area contributed by atoms with Crippen LogP contribution in [-0.4, -0.2) is 0 Å². The fourth-order valence-corrected chi connectivity index (χ4v) is 7.29. The molecule has 57 heavy (non-hydrogen) atoms. The lowest BCUT2D eigenvalue weighted by Gasteiger charge is -2.26. The first-order valence-electron chi connectivity index (χ1n) is 19.2. The van der Waals surface area contributed by atoms with Crippen LogP contribution in [0.15, 0.2) is 225 Å². The number of hydrogen-bond donors (Lipinski definition) is 0. The highest BCUT2D eigenvalue weighted by molar-refractivity contribution is 14.1. The van der Waals surface area contributed by atoms with Crippen molar-refractivity contribution in [2.75, 3.05) is 9.80 Å². The van der Waals surface area contributed by atoms with Crippen LogP contribution in [0.1, 0.15) is 33.4 Å². The highest BCUT2D eigenvalue weighted by Gasteiger charge is 2.14. The summed E-state index contributed by atoms with van der Waals surface area (Å²) in [5.74, 6) is 0. The average Bonchev–Trinajstić information content (AvgIpc) is 3.27. The quantitative estimate of drug-likeness (QED) is 0.0611. The summed E-state index contributed by atoms with van der Waals surface area (Å²) in [5, 5.41) is 2.34. The Morgan fingerprint density at radius 3 is 1.72 bits per heavy atom. The molecule has 0 unspecified atom stereocenters. The molecule has 0 spiro atoms. The van der Waals surface area contributed by atoms with Gasteiger partial charge in [-0.15, -0.1) is 0 Å². The van der Waals surface area contributed by atoms with Gasteiger partial charge < -0.3 is 9.80 Å². The van der Waals surface area contributed by atoms with E-state index in [1.54, 1.807) is 6.08 Å². The van der Waals surface area contributed by atoms with Crippen molar-refractivity contribution in [3.63, 3.8) is 0 Å². The maximum Gasteiger partial charge on any atom is 0.0528 e. The van der Waals surface area contributed by atoms with Crippen molar-refractivity contribution in [3.8, 4) is 0 Å². The number of alkyl halides is 1. The van der Waals surface area contributed by atoms with Gasteiger partial charge in [-0.1, -0.05) is 205 Å². The minimum Gasteiger partial charge on any atom is -0.323 e. The zero-order chi connectivity index (χ0) is 39.2. The summed E-state index contributed by atoms with van der Waals surface area (Å²) in [6.07, 6.45) is 20.7. The Kier molecular flexibility index (Phi) is 13.2. The summed E-state index contributed by atoms with van der Waals surface area (Å²) in [4.78, 5) is 4.54. The maximum absolute atomic E-state index is 3.84. The lowest BCUT2D eigenvalue weighted by atomic mass is 9.98. The lowest BCUT2D eigenvalue weighted by Crippen LogP contribution is -2.09. The second-order valence-electron chi connectivity index (χ2n) is 13.6. The van der Waals surface area contributed by atoms with Crippen molar-refractivity contribution in [1.82, 2.24) is 0 Å². The van der Waals surface area contributed by atoms with Crippen LogP contribution in [0.2, 0.25) is 0 Å². The van der Waals surface area contributed by atoms with Crippen LogP contribution in [0.25, 0.3) is 28.5 Å². The van der Waals surface area contributed by atoms with E-state index in [2.05, 4.69) is 259 Å². The fourth-order valence-electron chi connectivity index (χ4n) is 6.78. The molecular weight excluding hydrogens is 804 g/mol. The van der Waals surface area contributed by atoms with Gasteiger partial charge in [-0.25, -0.2) is 0 Å². The number of anilines is 4.